The Hall–Kier alpha value is -4.23. The van der Waals surface area contributed by atoms with E-state index in [1.807, 2.05) is 6.07 Å². The van der Waals surface area contributed by atoms with Gasteiger partial charge in [0.1, 0.15) is 23.1 Å². The fourth-order valence-corrected chi connectivity index (χ4v) is 3.19. The monoisotopic (exact) mass is 422 g/mol. The fourth-order valence-electron chi connectivity index (χ4n) is 2.38. The van der Waals surface area contributed by atoms with Crippen LogP contribution >= 0.6 is 0 Å². The van der Waals surface area contributed by atoms with Crippen molar-refractivity contribution in [2.75, 3.05) is 0 Å². The van der Waals surface area contributed by atoms with Crippen molar-refractivity contribution < 1.29 is 18.1 Å². The van der Waals surface area contributed by atoms with E-state index in [9.17, 15) is 18.5 Å². The van der Waals surface area contributed by atoms with Crippen molar-refractivity contribution in [3.05, 3.63) is 94.0 Å². The van der Waals surface area contributed by atoms with Gasteiger partial charge in [0.15, 0.2) is 0 Å². The fraction of sp³-hybridized carbons (Fsp3) is 0. The first-order chi connectivity index (χ1) is 14.4. The number of nitrogens with one attached hydrogen (secondary N) is 1. The molecule has 0 unspecified atom stereocenters. The molecule has 10 heteroatoms. The Bertz CT molecular complexity index is 1230. The summed E-state index contributed by atoms with van der Waals surface area (Å²) in [6, 6.07) is 19.9. The highest BCUT2D eigenvalue weighted by molar-refractivity contribution is 7.89. The van der Waals surface area contributed by atoms with Crippen LogP contribution in [0, 0.1) is 21.4 Å². The van der Waals surface area contributed by atoms with E-state index < -0.39 is 14.9 Å². The van der Waals surface area contributed by atoms with Gasteiger partial charge in [-0.2, -0.15) is 18.8 Å². The summed E-state index contributed by atoms with van der Waals surface area (Å²) in [6.07, 6.45) is 1.33. The molecule has 150 valence electrons. The zero-order valence-corrected chi connectivity index (χ0v) is 16.1. The summed E-state index contributed by atoms with van der Waals surface area (Å²) in [4.78, 5) is 12.4. The van der Waals surface area contributed by atoms with Gasteiger partial charge in [-0.15, -0.1) is 0 Å². The second-order valence-corrected chi connectivity index (χ2v) is 7.55. The van der Waals surface area contributed by atoms with E-state index in [-0.39, 0.29) is 21.9 Å². The number of nitrogens with zero attached hydrogens (tertiary/aromatic N) is 3. The Morgan fingerprint density at radius 1 is 1.07 bits per heavy atom. The predicted octanol–water partition coefficient (Wildman–Crippen LogP) is 3.57. The van der Waals surface area contributed by atoms with Crippen LogP contribution in [0.2, 0.25) is 0 Å². The van der Waals surface area contributed by atoms with E-state index >= 15 is 0 Å². The molecule has 0 atom stereocenters. The first-order valence-corrected chi connectivity index (χ1v) is 9.94. The molecule has 0 saturated carbocycles. The van der Waals surface area contributed by atoms with Crippen molar-refractivity contribution in [1.82, 2.24) is 4.83 Å². The van der Waals surface area contributed by atoms with E-state index in [1.165, 1.54) is 30.5 Å². The molecular weight excluding hydrogens is 408 g/mol. The van der Waals surface area contributed by atoms with Gasteiger partial charge in [0.05, 0.1) is 16.0 Å². The molecule has 0 fully saturated rings. The second-order valence-electron chi connectivity index (χ2n) is 5.89. The Kier molecular flexibility index (Phi) is 6.05. The molecular formula is C20H14N4O5S. The van der Waals surface area contributed by atoms with Crippen molar-refractivity contribution >= 4 is 21.9 Å². The third-order valence-electron chi connectivity index (χ3n) is 3.84. The summed E-state index contributed by atoms with van der Waals surface area (Å²) in [6.45, 7) is 0. The molecule has 3 aromatic carbocycles. The Labute approximate surface area is 172 Å². The minimum absolute atomic E-state index is 0.0326. The summed E-state index contributed by atoms with van der Waals surface area (Å²) in [5, 5.41) is 23.7. The van der Waals surface area contributed by atoms with Crippen molar-refractivity contribution in [2.24, 2.45) is 5.10 Å². The molecule has 0 bridgehead atoms. The van der Waals surface area contributed by atoms with Crippen LogP contribution in [0.3, 0.4) is 0 Å². The highest BCUT2D eigenvalue weighted by Gasteiger charge is 2.13. The lowest BCUT2D eigenvalue weighted by molar-refractivity contribution is -0.384. The summed E-state index contributed by atoms with van der Waals surface area (Å²) in [5.74, 6) is 0.572. The number of hydrazone groups is 1. The standard InChI is InChI=1S/C20H14N4O5S/c21-13-16-12-17(24(25)26)8-11-20(16)29-18-9-6-15(7-10-18)14-22-23-30(27,28)19-4-2-1-3-5-19/h1-12,14,23H/b22-14-. The van der Waals surface area contributed by atoms with Gasteiger partial charge in [0.2, 0.25) is 0 Å². The number of nitriles is 1. The lowest BCUT2D eigenvalue weighted by Crippen LogP contribution is -2.18. The largest absolute Gasteiger partial charge is 0.456 e. The van der Waals surface area contributed by atoms with Gasteiger partial charge >= 0.3 is 0 Å². The summed E-state index contributed by atoms with van der Waals surface area (Å²) >= 11 is 0. The van der Waals surface area contributed by atoms with Crippen molar-refractivity contribution in [2.45, 2.75) is 4.90 Å². The van der Waals surface area contributed by atoms with Crippen molar-refractivity contribution in [1.29, 1.82) is 5.26 Å². The van der Waals surface area contributed by atoms with Crippen molar-refractivity contribution in [3.63, 3.8) is 0 Å². The maximum atomic E-state index is 12.1. The molecule has 3 rings (SSSR count). The van der Waals surface area contributed by atoms with Gasteiger partial charge in [-0.25, -0.2) is 4.83 Å². The average molecular weight is 422 g/mol. The van der Waals surface area contributed by atoms with Crippen LogP contribution in [-0.2, 0) is 10.0 Å². The first kappa shape index (κ1) is 20.5. The van der Waals surface area contributed by atoms with E-state index in [0.29, 0.717) is 11.3 Å². The van der Waals surface area contributed by atoms with Gasteiger partial charge in [0, 0.05) is 12.1 Å². The normalized spacial score (nSPS) is 11.0. The quantitative estimate of drug-likeness (QED) is 0.351. The number of hydrogen-bond acceptors (Lipinski definition) is 7. The molecule has 0 aromatic heterocycles. The maximum Gasteiger partial charge on any atom is 0.276 e. The van der Waals surface area contributed by atoms with E-state index in [0.717, 1.165) is 6.07 Å². The molecule has 30 heavy (non-hydrogen) atoms. The highest BCUT2D eigenvalue weighted by Crippen LogP contribution is 2.28. The maximum absolute atomic E-state index is 12.1. The Morgan fingerprint density at radius 3 is 2.40 bits per heavy atom. The van der Waals surface area contributed by atoms with Crippen LogP contribution in [0.15, 0.2) is 82.8 Å². The highest BCUT2D eigenvalue weighted by atomic mass is 32.2. The van der Waals surface area contributed by atoms with Crippen LogP contribution < -0.4 is 9.57 Å². The lowest BCUT2D eigenvalue weighted by atomic mass is 10.2. The number of rotatable bonds is 7. The SMILES string of the molecule is N#Cc1cc([N+](=O)[O-])ccc1Oc1ccc(/C=N\NS(=O)(=O)c2ccccc2)cc1. The van der Waals surface area contributed by atoms with Gasteiger partial charge in [0.25, 0.3) is 15.7 Å². The second kappa shape index (κ2) is 8.85. The average Bonchev–Trinajstić information content (AvgIpc) is 2.75. The number of nitro benzene ring substituents is 1. The van der Waals surface area contributed by atoms with Gasteiger partial charge < -0.3 is 4.74 Å². The summed E-state index contributed by atoms with van der Waals surface area (Å²) < 4.78 is 29.8. The van der Waals surface area contributed by atoms with Crippen LogP contribution in [0.4, 0.5) is 5.69 Å². The topological polar surface area (TPSA) is 135 Å². The van der Waals surface area contributed by atoms with E-state index in [4.69, 9.17) is 10.00 Å². The molecule has 0 aliphatic heterocycles. The summed E-state index contributed by atoms with van der Waals surface area (Å²) in [7, 11) is -3.75. The predicted molar refractivity (Wildman–Crippen MR) is 109 cm³/mol. The molecule has 0 spiro atoms. The minimum atomic E-state index is -3.75. The zero-order chi connectivity index (χ0) is 21.6. The minimum Gasteiger partial charge on any atom is -0.456 e. The molecule has 3 aromatic rings. The molecule has 9 nitrogen and oxygen atoms in total. The van der Waals surface area contributed by atoms with Gasteiger partial charge in [-0.3, -0.25) is 10.1 Å². The lowest BCUT2D eigenvalue weighted by Gasteiger charge is -2.07. The molecule has 1 N–H and O–H groups in total. The third kappa shape index (κ3) is 4.98. The summed E-state index contributed by atoms with van der Waals surface area (Å²) in [5.41, 5.74) is 0.427. The molecule has 0 heterocycles. The van der Waals surface area contributed by atoms with Crippen LogP contribution in [0.25, 0.3) is 0 Å². The first-order valence-electron chi connectivity index (χ1n) is 8.45. The number of sulfonamides is 1. The smallest absolute Gasteiger partial charge is 0.276 e. The van der Waals surface area contributed by atoms with Crippen LogP contribution in [0.5, 0.6) is 11.5 Å². The molecule has 0 amide bonds. The Morgan fingerprint density at radius 2 is 1.77 bits per heavy atom. The third-order valence-corrected chi connectivity index (χ3v) is 5.08. The number of nitro groups is 1. The zero-order valence-electron chi connectivity index (χ0n) is 15.3. The number of non-ortho nitro benzene ring substituents is 1. The molecule has 0 radical (unpaired) electrons. The van der Waals surface area contributed by atoms with Crippen molar-refractivity contribution in [3.8, 4) is 17.6 Å². The number of benzene rings is 3. The number of hydrogen-bond donors (Lipinski definition) is 1. The van der Waals surface area contributed by atoms with E-state index in [2.05, 4.69) is 9.93 Å². The van der Waals surface area contributed by atoms with Crippen LogP contribution in [-0.4, -0.2) is 19.6 Å². The Balaban J connectivity index is 1.68. The van der Waals surface area contributed by atoms with Crippen LogP contribution in [0.1, 0.15) is 11.1 Å². The van der Waals surface area contributed by atoms with Gasteiger partial charge in [-0.1, -0.05) is 18.2 Å². The van der Waals surface area contributed by atoms with Gasteiger partial charge in [-0.05, 0) is 48.0 Å². The number of ether oxygens (including phenoxy) is 1. The van der Waals surface area contributed by atoms with E-state index in [1.54, 1.807) is 42.5 Å². The molecule has 0 aliphatic carbocycles. The molecule has 0 saturated heterocycles. The molecule has 0 aliphatic rings.